The van der Waals surface area contributed by atoms with Gasteiger partial charge in [-0.2, -0.15) is 0 Å². The van der Waals surface area contributed by atoms with Crippen LogP contribution in [0.1, 0.15) is 13.8 Å². The minimum absolute atomic E-state index is 0.659. The molecule has 0 aliphatic heterocycles. The number of rotatable bonds is 4. The van der Waals surface area contributed by atoms with Gasteiger partial charge in [0.25, 0.3) is 0 Å². The first-order valence-electron chi connectivity index (χ1n) is 7.16. The fourth-order valence-electron chi connectivity index (χ4n) is 2.66. The van der Waals surface area contributed by atoms with Crippen molar-refractivity contribution in [2.24, 2.45) is 0 Å². The van der Waals surface area contributed by atoms with Crippen LogP contribution in [0.4, 0.5) is 11.6 Å². The third-order valence-corrected chi connectivity index (χ3v) is 3.98. The minimum Gasteiger partial charge on any atom is -0.310 e. The van der Waals surface area contributed by atoms with Crippen molar-refractivity contribution >= 4 is 34.6 Å². The molecule has 3 aromatic rings. The molecule has 0 fully saturated rings. The van der Waals surface area contributed by atoms with Crippen LogP contribution in [-0.2, 0) is 6.54 Å². The zero-order valence-electron chi connectivity index (χ0n) is 12.2. The smallest absolute Gasteiger partial charge is 0.230 e. The second-order valence-electron chi connectivity index (χ2n) is 4.82. The highest BCUT2D eigenvalue weighted by atomic mass is 32.1. The van der Waals surface area contributed by atoms with E-state index in [-0.39, 0.29) is 0 Å². The summed E-state index contributed by atoms with van der Waals surface area (Å²) in [5.41, 5.74) is 1.15. The van der Waals surface area contributed by atoms with E-state index in [1.165, 1.54) is 10.8 Å². The Morgan fingerprint density at radius 1 is 1.14 bits per heavy atom. The molecule has 0 spiro atoms. The Balaban J connectivity index is 2.21. The predicted octanol–water partition coefficient (Wildman–Crippen LogP) is 4.27. The average Bonchev–Trinajstić information content (AvgIpc) is 2.89. The van der Waals surface area contributed by atoms with E-state index in [0.29, 0.717) is 4.77 Å². The first kappa shape index (κ1) is 13.8. The Morgan fingerprint density at radius 2 is 1.90 bits per heavy atom. The summed E-state index contributed by atoms with van der Waals surface area (Å²) >= 11 is 5.30. The van der Waals surface area contributed by atoms with Crippen molar-refractivity contribution in [3.63, 3.8) is 0 Å². The maximum atomic E-state index is 5.30. The number of fused-ring (bicyclic) bond motifs is 1. The molecule has 3 rings (SSSR count). The van der Waals surface area contributed by atoms with E-state index in [4.69, 9.17) is 12.2 Å². The second-order valence-corrected chi connectivity index (χ2v) is 5.20. The number of hydrogen-bond donors (Lipinski definition) is 1. The van der Waals surface area contributed by atoms with Crippen LogP contribution < -0.4 is 4.90 Å². The first-order chi connectivity index (χ1) is 10.3. The number of nitrogens with one attached hydrogen (secondary N) is 1. The third kappa shape index (κ3) is 2.34. The highest BCUT2D eigenvalue weighted by molar-refractivity contribution is 7.71. The fourth-order valence-corrected chi connectivity index (χ4v) is 2.92. The van der Waals surface area contributed by atoms with Crippen LogP contribution in [0.5, 0.6) is 0 Å². The summed E-state index contributed by atoms with van der Waals surface area (Å²) in [6.07, 6.45) is 0. The van der Waals surface area contributed by atoms with Crippen molar-refractivity contribution in [3.8, 4) is 0 Å². The van der Waals surface area contributed by atoms with Gasteiger partial charge in [0.2, 0.25) is 5.95 Å². The molecule has 0 aliphatic rings. The molecule has 0 saturated carbocycles. The molecule has 0 atom stereocenters. The SMILES string of the molecule is CCN(c1cccc2ccccc12)c1n[nH]c(=S)n1CC. The van der Waals surface area contributed by atoms with Gasteiger partial charge in [-0.15, -0.1) is 5.10 Å². The molecule has 1 N–H and O–H groups in total. The maximum Gasteiger partial charge on any atom is 0.230 e. The number of H-pyrrole nitrogens is 1. The van der Waals surface area contributed by atoms with Gasteiger partial charge in [-0.1, -0.05) is 36.4 Å². The lowest BCUT2D eigenvalue weighted by molar-refractivity contribution is 0.733. The first-order valence-corrected chi connectivity index (χ1v) is 7.57. The molecule has 0 saturated heterocycles. The molecule has 0 aliphatic carbocycles. The minimum atomic E-state index is 0.659. The molecule has 0 amide bonds. The van der Waals surface area contributed by atoms with Crippen molar-refractivity contribution in [2.75, 3.05) is 11.4 Å². The van der Waals surface area contributed by atoms with Crippen molar-refractivity contribution in [1.82, 2.24) is 14.8 Å². The molecular formula is C16H18N4S. The predicted molar refractivity (Wildman–Crippen MR) is 89.7 cm³/mol. The lowest BCUT2D eigenvalue weighted by Gasteiger charge is -2.23. The van der Waals surface area contributed by atoms with Gasteiger partial charge in [-0.25, -0.2) is 5.10 Å². The van der Waals surface area contributed by atoms with E-state index >= 15 is 0 Å². The van der Waals surface area contributed by atoms with Crippen LogP contribution in [0.25, 0.3) is 10.8 Å². The number of benzene rings is 2. The van der Waals surface area contributed by atoms with Gasteiger partial charge in [0.05, 0.1) is 5.69 Å². The topological polar surface area (TPSA) is 36.9 Å². The van der Waals surface area contributed by atoms with Gasteiger partial charge >= 0.3 is 0 Å². The number of anilines is 2. The summed E-state index contributed by atoms with van der Waals surface area (Å²) in [4.78, 5) is 2.19. The van der Waals surface area contributed by atoms with Crippen LogP contribution >= 0.6 is 12.2 Å². The monoisotopic (exact) mass is 298 g/mol. The Bertz CT molecular complexity index is 813. The zero-order chi connectivity index (χ0) is 14.8. The maximum absolute atomic E-state index is 5.30. The molecule has 0 unspecified atom stereocenters. The molecule has 0 bridgehead atoms. The van der Waals surface area contributed by atoms with E-state index in [9.17, 15) is 0 Å². The molecular weight excluding hydrogens is 280 g/mol. The van der Waals surface area contributed by atoms with Crippen LogP contribution in [0, 0.1) is 4.77 Å². The molecule has 108 valence electrons. The normalized spacial score (nSPS) is 11.0. The highest BCUT2D eigenvalue weighted by Crippen LogP contribution is 2.31. The Morgan fingerprint density at radius 3 is 2.67 bits per heavy atom. The number of aromatic amines is 1. The number of hydrogen-bond acceptors (Lipinski definition) is 3. The molecule has 1 heterocycles. The average molecular weight is 298 g/mol. The van der Waals surface area contributed by atoms with Crippen molar-refractivity contribution < 1.29 is 0 Å². The van der Waals surface area contributed by atoms with Crippen molar-refractivity contribution in [3.05, 3.63) is 47.2 Å². The summed E-state index contributed by atoms with van der Waals surface area (Å²) in [7, 11) is 0. The van der Waals surface area contributed by atoms with Gasteiger partial charge in [0.15, 0.2) is 4.77 Å². The van der Waals surface area contributed by atoms with Gasteiger partial charge in [0.1, 0.15) is 0 Å². The largest absolute Gasteiger partial charge is 0.310 e. The summed E-state index contributed by atoms with van der Waals surface area (Å²) < 4.78 is 2.67. The number of nitrogens with zero attached hydrogens (tertiary/aromatic N) is 3. The molecule has 1 aromatic heterocycles. The lowest BCUT2D eigenvalue weighted by atomic mass is 10.1. The van der Waals surface area contributed by atoms with E-state index in [1.54, 1.807) is 0 Å². The summed E-state index contributed by atoms with van der Waals surface area (Å²) in [6, 6.07) is 14.7. The van der Waals surface area contributed by atoms with E-state index in [0.717, 1.165) is 24.7 Å². The molecule has 0 radical (unpaired) electrons. The summed E-state index contributed by atoms with van der Waals surface area (Å²) in [5, 5.41) is 9.76. The molecule has 2 aromatic carbocycles. The quantitative estimate of drug-likeness (QED) is 0.731. The number of aromatic nitrogens is 3. The zero-order valence-corrected chi connectivity index (χ0v) is 13.0. The second kappa shape index (κ2) is 5.69. The van der Waals surface area contributed by atoms with Gasteiger partial charge < -0.3 is 4.90 Å². The fraction of sp³-hybridized carbons (Fsp3) is 0.250. The summed E-state index contributed by atoms with van der Waals surface area (Å²) in [5.74, 6) is 0.862. The Labute approximate surface area is 129 Å². The van der Waals surface area contributed by atoms with Crippen LogP contribution in [0.3, 0.4) is 0 Å². The molecule has 4 nitrogen and oxygen atoms in total. The molecule has 21 heavy (non-hydrogen) atoms. The highest BCUT2D eigenvalue weighted by Gasteiger charge is 2.16. The third-order valence-electron chi connectivity index (χ3n) is 3.67. The summed E-state index contributed by atoms with van der Waals surface area (Å²) in [6.45, 7) is 5.82. The van der Waals surface area contributed by atoms with E-state index in [2.05, 4.69) is 71.4 Å². The van der Waals surface area contributed by atoms with Gasteiger partial charge in [0, 0.05) is 18.5 Å². The van der Waals surface area contributed by atoms with Crippen LogP contribution in [0.2, 0.25) is 0 Å². The van der Waals surface area contributed by atoms with Crippen LogP contribution in [0.15, 0.2) is 42.5 Å². The Hall–Kier alpha value is -2.14. The van der Waals surface area contributed by atoms with Crippen molar-refractivity contribution in [2.45, 2.75) is 20.4 Å². The standard InChI is InChI=1S/C16H18N4S/c1-3-19(15-17-18-16(21)20(15)4-2)14-11-7-9-12-8-5-6-10-13(12)14/h5-11H,3-4H2,1-2H3,(H,18,21). The van der Waals surface area contributed by atoms with Gasteiger partial charge in [-0.05, 0) is 37.5 Å². The lowest BCUT2D eigenvalue weighted by Crippen LogP contribution is -2.20. The van der Waals surface area contributed by atoms with E-state index < -0.39 is 0 Å². The van der Waals surface area contributed by atoms with E-state index in [1.807, 2.05) is 4.57 Å². The Kier molecular flexibility index (Phi) is 3.75. The van der Waals surface area contributed by atoms with Gasteiger partial charge in [-0.3, -0.25) is 4.57 Å². The van der Waals surface area contributed by atoms with Crippen LogP contribution in [-0.4, -0.2) is 21.3 Å². The molecule has 5 heteroatoms. The van der Waals surface area contributed by atoms with Crippen molar-refractivity contribution in [1.29, 1.82) is 0 Å².